The minimum Gasteiger partial charge on any atom is -0.491 e. The third-order valence-corrected chi connectivity index (χ3v) is 5.57. The minimum absolute atomic E-state index is 0.290. The Balaban J connectivity index is 1.52. The minimum atomic E-state index is -0.290. The summed E-state index contributed by atoms with van der Waals surface area (Å²) in [6.45, 7) is 5.16. The number of carbonyl (C=O) groups excluding carboxylic acids is 1. The highest BCUT2D eigenvalue weighted by atomic mass is 16.5. The van der Waals surface area contributed by atoms with E-state index in [-0.39, 0.29) is 5.91 Å². The second kappa shape index (κ2) is 9.34. The van der Waals surface area contributed by atoms with Gasteiger partial charge in [0.2, 0.25) is 0 Å². The van der Waals surface area contributed by atoms with Gasteiger partial charge >= 0.3 is 0 Å². The third kappa shape index (κ3) is 4.27. The van der Waals surface area contributed by atoms with Gasteiger partial charge in [-0.3, -0.25) is 4.79 Å². The lowest BCUT2D eigenvalue weighted by Crippen LogP contribution is -2.37. The number of amides is 1. The number of anilines is 1. The molecule has 5 rings (SSSR count). The van der Waals surface area contributed by atoms with E-state index in [1.54, 1.807) is 6.07 Å². The van der Waals surface area contributed by atoms with Crippen molar-refractivity contribution in [2.24, 2.45) is 4.99 Å². The van der Waals surface area contributed by atoms with Gasteiger partial charge in [-0.25, -0.2) is 4.99 Å². The molecule has 0 bridgehead atoms. The van der Waals surface area contributed by atoms with Crippen molar-refractivity contribution in [3.05, 3.63) is 77.9 Å². The first-order valence-corrected chi connectivity index (χ1v) is 11.1. The fourth-order valence-corrected chi connectivity index (χ4v) is 4.01. The van der Waals surface area contributed by atoms with Crippen molar-refractivity contribution < 1.29 is 19.0 Å². The van der Waals surface area contributed by atoms with Crippen LogP contribution in [0.15, 0.2) is 71.7 Å². The molecule has 1 N–H and O–H groups in total. The number of hydrogen-bond donors (Lipinski definition) is 1. The molecule has 3 aromatic carbocycles. The fourth-order valence-electron chi connectivity index (χ4n) is 4.01. The highest BCUT2D eigenvalue weighted by Crippen LogP contribution is 2.37. The molecule has 0 saturated carbocycles. The molecule has 1 saturated heterocycles. The molecule has 3 aromatic rings. The van der Waals surface area contributed by atoms with Crippen LogP contribution < -0.4 is 19.7 Å². The lowest BCUT2D eigenvalue weighted by Gasteiger charge is -2.30. The largest absolute Gasteiger partial charge is 0.491 e. The monoisotopic (exact) mass is 443 g/mol. The van der Waals surface area contributed by atoms with Crippen molar-refractivity contribution >= 4 is 23.1 Å². The lowest BCUT2D eigenvalue weighted by atomic mass is 10.1. The summed E-state index contributed by atoms with van der Waals surface area (Å²) in [6.07, 6.45) is 0. The molecule has 0 spiro atoms. The standard InChI is InChI=1S/C26H25N3O4/c1-2-32-24-19(9-7-11-21(24)29-14-16-31-17-15-29)26(30)28-25-18-8-3-5-12-22(18)33-23-13-6-4-10-20(23)27-25/h3-13H,2,14-17H2,1H3,(H,27,28,30). The van der Waals surface area contributed by atoms with Crippen molar-refractivity contribution in [3.63, 3.8) is 0 Å². The summed E-state index contributed by atoms with van der Waals surface area (Å²) in [5, 5.41) is 3.01. The molecule has 0 unspecified atom stereocenters. The number of ether oxygens (including phenoxy) is 3. The van der Waals surface area contributed by atoms with Gasteiger partial charge in [-0.1, -0.05) is 30.3 Å². The van der Waals surface area contributed by atoms with Crippen LogP contribution in [0.1, 0.15) is 22.8 Å². The molecular weight excluding hydrogens is 418 g/mol. The Morgan fingerprint density at radius 2 is 1.76 bits per heavy atom. The lowest BCUT2D eigenvalue weighted by molar-refractivity contribution is 0.0973. The summed E-state index contributed by atoms with van der Waals surface area (Å²) < 4.78 is 17.5. The zero-order valence-corrected chi connectivity index (χ0v) is 18.4. The number of nitrogens with one attached hydrogen (secondary N) is 1. The molecule has 1 amide bonds. The zero-order chi connectivity index (χ0) is 22.6. The molecule has 0 aliphatic carbocycles. The van der Waals surface area contributed by atoms with Crippen LogP contribution in [0.3, 0.4) is 0 Å². The van der Waals surface area contributed by atoms with E-state index in [1.807, 2.05) is 67.6 Å². The molecule has 0 atom stereocenters. The number of rotatable bonds is 4. The Morgan fingerprint density at radius 1 is 1.00 bits per heavy atom. The van der Waals surface area contributed by atoms with Crippen molar-refractivity contribution in [1.82, 2.24) is 5.32 Å². The van der Waals surface area contributed by atoms with Crippen molar-refractivity contribution in [3.8, 4) is 17.2 Å². The first-order chi connectivity index (χ1) is 16.2. The van der Waals surface area contributed by atoms with Crippen LogP contribution >= 0.6 is 0 Å². The maximum absolute atomic E-state index is 13.5. The Kier molecular flexibility index (Phi) is 5.95. The van der Waals surface area contributed by atoms with Gasteiger partial charge in [-0.2, -0.15) is 0 Å². The number of aliphatic imine (C=N–C) groups is 1. The van der Waals surface area contributed by atoms with Gasteiger partial charge in [-0.15, -0.1) is 0 Å². The van der Waals surface area contributed by atoms with Gasteiger partial charge < -0.3 is 24.4 Å². The molecule has 2 aliphatic heterocycles. The molecule has 7 nitrogen and oxygen atoms in total. The molecule has 1 fully saturated rings. The normalized spacial score (nSPS) is 14.8. The van der Waals surface area contributed by atoms with E-state index >= 15 is 0 Å². The van der Waals surface area contributed by atoms with E-state index in [0.717, 1.165) is 18.8 Å². The molecule has 2 aliphatic rings. The smallest absolute Gasteiger partial charge is 0.260 e. The SMILES string of the molecule is CCOc1c(C(=O)NC2=Nc3ccccc3Oc3ccccc32)cccc1N1CCOCC1. The fraction of sp³-hybridized carbons (Fsp3) is 0.231. The molecule has 0 radical (unpaired) electrons. The van der Waals surface area contributed by atoms with Gasteiger partial charge in [0.25, 0.3) is 5.91 Å². The molecular formula is C26H25N3O4. The van der Waals surface area contributed by atoms with Gasteiger partial charge in [0, 0.05) is 13.1 Å². The quantitative estimate of drug-likeness (QED) is 0.641. The van der Waals surface area contributed by atoms with E-state index in [2.05, 4.69) is 10.2 Å². The number of para-hydroxylation sites is 4. The predicted molar refractivity (Wildman–Crippen MR) is 127 cm³/mol. The van der Waals surface area contributed by atoms with E-state index in [4.69, 9.17) is 19.2 Å². The molecule has 168 valence electrons. The topological polar surface area (TPSA) is 72.4 Å². The number of hydrogen-bond acceptors (Lipinski definition) is 6. The van der Waals surface area contributed by atoms with Crippen molar-refractivity contribution in [2.45, 2.75) is 6.92 Å². The van der Waals surface area contributed by atoms with Gasteiger partial charge in [0.05, 0.1) is 36.6 Å². The van der Waals surface area contributed by atoms with Crippen LogP contribution in [0.5, 0.6) is 17.2 Å². The second-order valence-electron chi connectivity index (χ2n) is 7.67. The van der Waals surface area contributed by atoms with E-state index in [1.165, 1.54) is 0 Å². The van der Waals surface area contributed by atoms with Crippen LogP contribution in [-0.4, -0.2) is 44.7 Å². The Labute approximate surface area is 192 Å². The molecule has 33 heavy (non-hydrogen) atoms. The van der Waals surface area contributed by atoms with Crippen molar-refractivity contribution in [1.29, 1.82) is 0 Å². The Morgan fingerprint density at radius 3 is 2.58 bits per heavy atom. The average Bonchev–Trinajstić information content (AvgIpc) is 3.01. The number of nitrogens with zero attached hydrogens (tertiary/aromatic N) is 2. The summed E-state index contributed by atoms with van der Waals surface area (Å²) in [5.74, 6) is 1.98. The number of amidine groups is 1. The zero-order valence-electron chi connectivity index (χ0n) is 18.4. The van der Waals surface area contributed by atoms with Gasteiger partial charge in [0.15, 0.2) is 11.5 Å². The number of fused-ring (bicyclic) bond motifs is 2. The van der Waals surface area contributed by atoms with Crippen LogP contribution in [0.25, 0.3) is 0 Å². The van der Waals surface area contributed by atoms with E-state index < -0.39 is 0 Å². The van der Waals surface area contributed by atoms with Crippen LogP contribution in [0, 0.1) is 0 Å². The summed E-state index contributed by atoms with van der Waals surface area (Å²) >= 11 is 0. The van der Waals surface area contributed by atoms with Gasteiger partial charge in [0.1, 0.15) is 17.3 Å². The van der Waals surface area contributed by atoms with Crippen LogP contribution in [-0.2, 0) is 4.74 Å². The maximum atomic E-state index is 13.5. The number of carbonyl (C=O) groups is 1. The summed E-state index contributed by atoms with van der Waals surface area (Å²) in [6, 6.07) is 20.7. The second-order valence-corrected chi connectivity index (χ2v) is 7.67. The summed E-state index contributed by atoms with van der Waals surface area (Å²) in [5.41, 5.74) is 2.71. The third-order valence-electron chi connectivity index (χ3n) is 5.57. The first kappa shape index (κ1) is 21.0. The predicted octanol–water partition coefficient (Wildman–Crippen LogP) is 4.54. The number of benzene rings is 3. The summed E-state index contributed by atoms with van der Waals surface area (Å²) in [7, 11) is 0. The van der Waals surface area contributed by atoms with E-state index in [0.29, 0.717) is 59.7 Å². The average molecular weight is 444 g/mol. The molecule has 7 heteroatoms. The Bertz CT molecular complexity index is 1200. The highest BCUT2D eigenvalue weighted by Gasteiger charge is 2.24. The molecule has 0 aromatic heterocycles. The van der Waals surface area contributed by atoms with Crippen molar-refractivity contribution in [2.75, 3.05) is 37.8 Å². The van der Waals surface area contributed by atoms with Crippen LogP contribution in [0.4, 0.5) is 11.4 Å². The highest BCUT2D eigenvalue weighted by molar-refractivity contribution is 6.16. The first-order valence-electron chi connectivity index (χ1n) is 11.1. The Hall–Kier alpha value is -3.84. The van der Waals surface area contributed by atoms with Gasteiger partial charge in [-0.05, 0) is 43.3 Å². The maximum Gasteiger partial charge on any atom is 0.260 e. The van der Waals surface area contributed by atoms with E-state index in [9.17, 15) is 4.79 Å². The number of morpholine rings is 1. The summed E-state index contributed by atoms with van der Waals surface area (Å²) in [4.78, 5) is 20.4. The van der Waals surface area contributed by atoms with Crippen LogP contribution in [0.2, 0.25) is 0 Å². The molecule has 2 heterocycles.